The summed E-state index contributed by atoms with van der Waals surface area (Å²) < 4.78 is 6.48. The smallest absolute Gasteiger partial charge is 0.167 e. The molecule has 2 aromatic carbocycles. The van der Waals surface area contributed by atoms with E-state index < -0.39 is 0 Å². The monoisotopic (exact) mass is 424 g/mol. The van der Waals surface area contributed by atoms with Crippen molar-refractivity contribution in [3.63, 3.8) is 0 Å². The van der Waals surface area contributed by atoms with Crippen LogP contribution in [0.25, 0.3) is 20.7 Å². The third-order valence-corrected chi connectivity index (χ3v) is 5.66. The van der Waals surface area contributed by atoms with Crippen molar-refractivity contribution in [3.8, 4) is 28.3 Å². The van der Waals surface area contributed by atoms with Crippen molar-refractivity contribution in [2.45, 2.75) is 6.92 Å². The molecule has 0 unspecified atom stereocenters. The maximum absolute atomic E-state index is 9.83. The van der Waals surface area contributed by atoms with Crippen LogP contribution in [0.5, 0.6) is 5.75 Å². The second-order valence-corrected chi connectivity index (χ2v) is 7.37. The van der Waals surface area contributed by atoms with E-state index in [1.165, 1.54) is 17.7 Å². The summed E-state index contributed by atoms with van der Waals surface area (Å²) >= 11 is 1.42. The molecule has 0 aliphatic heterocycles. The summed E-state index contributed by atoms with van der Waals surface area (Å²) in [6.07, 6.45) is 3.05. The average Bonchev–Trinajstić information content (AvgIpc) is 3.19. The Hall–Kier alpha value is -4.27. The summed E-state index contributed by atoms with van der Waals surface area (Å²) in [4.78, 5) is 9.41. The number of nitriles is 2. The van der Waals surface area contributed by atoms with E-state index in [0.717, 1.165) is 26.5 Å². The number of nitrogens with zero attached hydrogens (tertiary/aromatic N) is 5. The average molecular weight is 424 g/mol. The number of rotatable bonds is 6. The van der Waals surface area contributed by atoms with Crippen LogP contribution in [0.3, 0.4) is 0 Å². The number of thiophene rings is 1. The van der Waals surface area contributed by atoms with Gasteiger partial charge in [-0.15, -0.1) is 11.3 Å². The molecule has 0 saturated carbocycles. The van der Waals surface area contributed by atoms with Crippen LogP contribution in [0.15, 0.2) is 60.0 Å². The second kappa shape index (κ2) is 9.04. The van der Waals surface area contributed by atoms with Crippen LogP contribution in [0.2, 0.25) is 0 Å². The van der Waals surface area contributed by atoms with E-state index in [2.05, 4.69) is 32.6 Å². The number of hydrazone groups is 1. The topological polar surface area (TPSA) is 107 Å². The fourth-order valence-electron chi connectivity index (χ4n) is 3.03. The van der Waals surface area contributed by atoms with Crippen LogP contribution >= 0.6 is 11.3 Å². The highest BCUT2D eigenvalue weighted by molar-refractivity contribution is 7.23. The zero-order valence-electron chi connectivity index (χ0n) is 16.5. The van der Waals surface area contributed by atoms with Crippen molar-refractivity contribution in [3.05, 3.63) is 71.5 Å². The van der Waals surface area contributed by atoms with Gasteiger partial charge < -0.3 is 4.74 Å². The molecule has 8 heteroatoms. The molecule has 2 aromatic heterocycles. The second-order valence-electron chi connectivity index (χ2n) is 6.35. The lowest BCUT2D eigenvalue weighted by atomic mass is 10.1. The Morgan fingerprint density at radius 3 is 2.65 bits per heavy atom. The molecule has 1 N–H and O–H groups in total. The molecule has 2 heterocycles. The molecule has 4 rings (SSSR count). The molecule has 4 aromatic rings. The van der Waals surface area contributed by atoms with Gasteiger partial charge in [0.2, 0.25) is 0 Å². The highest BCUT2D eigenvalue weighted by atomic mass is 32.1. The van der Waals surface area contributed by atoms with E-state index >= 15 is 0 Å². The molecule has 0 aliphatic carbocycles. The minimum Gasteiger partial charge on any atom is -0.493 e. The standard InChI is InChI=1S/C23H16N6OS/c1-2-30-19-6-4-3-5-17(19)21-18(12-25)20-22(31-21)23(27-14-26-20)29-28-13-16-9-7-15(11-24)8-10-16/h3-10,13-14H,2H2,1H3,(H,26,27,29)/b28-13+. The lowest BCUT2D eigenvalue weighted by Crippen LogP contribution is -1.95. The number of ether oxygens (including phenoxy) is 1. The summed E-state index contributed by atoms with van der Waals surface area (Å²) in [6, 6.07) is 19.1. The van der Waals surface area contributed by atoms with Crippen LogP contribution in [-0.4, -0.2) is 22.8 Å². The molecular weight excluding hydrogens is 408 g/mol. The molecule has 0 saturated heterocycles. The van der Waals surface area contributed by atoms with Crippen molar-refractivity contribution in [1.82, 2.24) is 9.97 Å². The lowest BCUT2D eigenvalue weighted by molar-refractivity contribution is 0.341. The number of hydrogen-bond acceptors (Lipinski definition) is 8. The molecule has 0 bridgehead atoms. The fourth-order valence-corrected chi connectivity index (χ4v) is 4.20. The van der Waals surface area contributed by atoms with Gasteiger partial charge in [0.25, 0.3) is 0 Å². The van der Waals surface area contributed by atoms with Gasteiger partial charge >= 0.3 is 0 Å². The minimum absolute atomic E-state index is 0.480. The Bertz CT molecular complexity index is 1350. The number of nitrogens with one attached hydrogen (secondary N) is 1. The normalized spacial score (nSPS) is 10.7. The van der Waals surface area contributed by atoms with Gasteiger partial charge in [0.15, 0.2) is 5.82 Å². The molecule has 31 heavy (non-hydrogen) atoms. The van der Waals surface area contributed by atoms with Gasteiger partial charge in [-0.1, -0.05) is 24.3 Å². The number of para-hydroxylation sites is 1. The Labute approximate surface area is 182 Å². The zero-order valence-corrected chi connectivity index (χ0v) is 17.3. The van der Waals surface area contributed by atoms with Crippen molar-refractivity contribution in [2.75, 3.05) is 12.0 Å². The molecule has 0 radical (unpaired) electrons. The lowest BCUT2D eigenvalue weighted by Gasteiger charge is -2.08. The van der Waals surface area contributed by atoms with E-state index in [0.29, 0.717) is 29.1 Å². The van der Waals surface area contributed by atoms with Gasteiger partial charge in [0, 0.05) is 5.56 Å². The number of aromatic nitrogens is 2. The molecule has 0 aliphatic rings. The minimum atomic E-state index is 0.480. The Morgan fingerprint density at radius 2 is 1.90 bits per heavy atom. The highest BCUT2D eigenvalue weighted by Crippen LogP contribution is 2.43. The first kappa shape index (κ1) is 20.0. The largest absolute Gasteiger partial charge is 0.493 e. The summed E-state index contributed by atoms with van der Waals surface area (Å²) in [7, 11) is 0. The first-order valence-electron chi connectivity index (χ1n) is 9.44. The predicted molar refractivity (Wildman–Crippen MR) is 121 cm³/mol. The van der Waals surface area contributed by atoms with E-state index in [1.54, 1.807) is 30.5 Å². The molecule has 7 nitrogen and oxygen atoms in total. The van der Waals surface area contributed by atoms with Gasteiger partial charge in [-0.3, -0.25) is 5.43 Å². The summed E-state index contributed by atoms with van der Waals surface area (Å²) in [5.41, 5.74) is 6.26. The predicted octanol–water partition coefficient (Wildman–Crippen LogP) is 4.95. The maximum Gasteiger partial charge on any atom is 0.167 e. The van der Waals surface area contributed by atoms with E-state index in [-0.39, 0.29) is 0 Å². The van der Waals surface area contributed by atoms with E-state index in [4.69, 9.17) is 10.00 Å². The van der Waals surface area contributed by atoms with E-state index in [9.17, 15) is 5.26 Å². The van der Waals surface area contributed by atoms with Gasteiger partial charge in [-0.25, -0.2) is 9.97 Å². The first-order valence-corrected chi connectivity index (χ1v) is 10.3. The van der Waals surface area contributed by atoms with Crippen molar-refractivity contribution in [1.29, 1.82) is 10.5 Å². The van der Waals surface area contributed by atoms with Crippen LogP contribution < -0.4 is 10.2 Å². The SMILES string of the molecule is CCOc1ccccc1-c1sc2c(N/N=C/c3ccc(C#N)cc3)ncnc2c1C#N. The molecule has 0 atom stereocenters. The summed E-state index contributed by atoms with van der Waals surface area (Å²) in [5, 5.41) is 23.0. The molecule has 0 spiro atoms. The van der Waals surface area contributed by atoms with Crippen molar-refractivity contribution in [2.24, 2.45) is 5.10 Å². The molecular formula is C23H16N6OS. The van der Waals surface area contributed by atoms with Gasteiger partial charge in [0.1, 0.15) is 23.7 Å². The zero-order chi connectivity index (χ0) is 21.6. The highest BCUT2D eigenvalue weighted by Gasteiger charge is 2.20. The first-order chi connectivity index (χ1) is 15.2. The number of anilines is 1. The quantitative estimate of drug-likeness (QED) is 0.347. The molecule has 150 valence electrons. The third kappa shape index (κ3) is 4.06. The van der Waals surface area contributed by atoms with Gasteiger partial charge in [0.05, 0.1) is 39.6 Å². The number of hydrogen-bond donors (Lipinski definition) is 1. The summed E-state index contributed by atoms with van der Waals surface area (Å²) in [6.45, 7) is 2.45. The Morgan fingerprint density at radius 1 is 1.10 bits per heavy atom. The van der Waals surface area contributed by atoms with Crippen molar-refractivity contribution >= 4 is 33.6 Å². The van der Waals surface area contributed by atoms with E-state index in [1.807, 2.05) is 31.2 Å². The number of benzene rings is 2. The van der Waals surface area contributed by atoms with Crippen LogP contribution in [0, 0.1) is 22.7 Å². The fraction of sp³-hybridized carbons (Fsp3) is 0.0870. The molecule has 0 amide bonds. The van der Waals surface area contributed by atoms with Crippen LogP contribution in [0.1, 0.15) is 23.6 Å². The van der Waals surface area contributed by atoms with Gasteiger partial charge in [-0.05, 0) is 36.8 Å². The van der Waals surface area contributed by atoms with Crippen molar-refractivity contribution < 1.29 is 4.74 Å². The Balaban J connectivity index is 1.71. The van der Waals surface area contributed by atoms with Crippen LogP contribution in [-0.2, 0) is 0 Å². The third-order valence-electron chi connectivity index (χ3n) is 4.44. The Kier molecular flexibility index (Phi) is 5.84. The summed E-state index contributed by atoms with van der Waals surface area (Å²) in [5.74, 6) is 1.23. The number of fused-ring (bicyclic) bond motifs is 1. The van der Waals surface area contributed by atoms with Crippen LogP contribution in [0.4, 0.5) is 5.82 Å². The molecule has 0 fully saturated rings. The van der Waals surface area contributed by atoms with Gasteiger partial charge in [-0.2, -0.15) is 15.6 Å². The maximum atomic E-state index is 9.83.